The molecule has 0 saturated heterocycles. The number of nitrogens with zero attached hydrogens (tertiary/aromatic N) is 2. The Labute approximate surface area is 119 Å². The quantitative estimate of drug-likeness (QED) is 0.375. The molecule has 1 aromatic carbocycles. The first-order valence-electron chi connectivity index (χ1n) is 5.70. The maximum Gasteiger partial charge on any atom is 0.257 e. The number of amides is 1. The Balaban J connectivity index is 3.01. The van der Waals surface area contributed by atoms with E-state index in [0.29, 0.717) is 17.4 Å². The van der Waals surface area contributed by atoms with Crippen LogP contribution in [0.4, 0.5) is 4.39 Å². The number of benzene rings is 1. The van der Waals surface area contributed by atoms with Crippen LogP contribution in [0.2, 0.25) is 0 Å². The second kappa shape index (κ2) is 7.08. The zero-order chi connectivity index (χ0) is 14.4. The summed E-state index contributed by atoms with van der Waals surface area (Å²) in [5.41, 5.74) is 5.34. The Morgan fingerprint density at radius 1 is 1.58 bits per heavy atom. The second-order valence-corrected chi connectivity index (χ2v) is 4.86. The fourth-order valence-corrected chi connectivity index (χ4v) is 1.94. The van der Waals surface area contributed by atoms with Crippen molar-refractivity contribution in [2.75, 3.05) is 13.1 Å². The van der Waals surface area contributed by atoms with Crippen LogP contribution in [-0.4, -0.2) is 34.9 Å². The first-order valence-corrected chi connectivity index (χ1v) is 6.49. The van der Waals surface area contributed by atoms with E-state index in [0.717, 1.165) is 0 Å². The number of halogens is 2. The minimum absolute atomic E-state index is 0.0465. The lowest BCUT2D eigenvalue weighted by Crippen LogP contribution is -2.39. The van der Waals surface area contributed by atoms with Crippen molar-refractivity contribution in [3.05, 3.63) is 34.1 Å². The van der Waals surface area contributed by atoms with Crippen LogP contribution in [0.25, 0.3) is 0 Å². The van der Waals surface area contributed by atoms with Crippen LogP contribution >= 0.6 is 15.9 Å². The number of hydrogen-bond acceptors (Lipinski definition) is 3. The van der Waals surface area contributed by atoms with E-state index in [1.807, 2.05) is 6.92 Å². The van der Waals surface area contributed by atoms with Gasteiger partial charge in [-0.2, -0.15) is 0 Å². The number of carbonyl (C=O) groups excluding carboxylic acids is 1. The predicted molar refractivity (Wildman–Crippen MR) is 73.7 cm³/mol. The predicted octanol–water partition coefficient (Wildman–Crippen LogP) is 2.19. The van der Waals surface area contributed by atoms with Gasteiger partial charge in [0.05, 0.1) is 12.1 Å². The number of carbonyl (C=O) groups is 1. The van der Waals surface area contributed by atoms with E-state index in [4.69, 9.17) is 10.9 Å². The molecule has 1 rings (SSSR count). The summed E-state index contributed by atoms with van der Waals surface area (Å²) in [7, 11) is 0. The van der Waals surface area contributed by atoms with Crippen LogP contribution in [0.3, 0.4) is 0 Å². The summed E-state index contributed by atoms with van der Waals surface area (Å²) in [5.74, 6) is -1.20. The molecule has 0 aliphatic carbocycles. The number of hydrogen-bond donors (Lipinski definition) is 2. The molecule has 0 saturated carbocycles. The van der Waals surface area contributed by atoms with E-state index in [1.54, 1.807) is 0 Å². The van der Waals surface area contributed by atoms with E-state index < -0.39 is 11.7 Å². The summed E-state index contributed by atoms with van der Waals surface area (Å²) >= 11 is 3.19. The lowest BCUT2D eigenvalue weighted by atomic mass is 10.2. The molecule has 0 aromatic heterocycles. The molecule has 1 aromatic rings. The average molecular weight is 332 g/mol. The summed E-state index contributed by atoms with van der Waals surface area (Å²) in [6.07, 6.45) is 0.681. The van der Waals surface area contributed by atoms with Crippen molar-refractivity contribution >= 4 is 27.7 Å². The third-order valence-electron chi connectivity index (χ3n) is 2.42. The molecule has 0 aliphatic heterocycles. The van der Waals surface area contributed by atoms with Crippen LogP contribution in [0, 0.1) is 5.82 Å². The van der Waals surface area contributed by atoms with Gasteiger partial charge in [-0.3, -0.25) is 4.79 Å². The first kappa shape index (κ1) is 15.4. The average Bonchev–Trinajstić information content (AvgIpc) is 2.40. The molecule has 0 atom stereocenters. The third-order valence-corrected chi connectivity index (χ3v) is 2.91. The van der Waals surface area contributed by atoms with Crippen LogP contribution in [0.1, 0.15) is 23.7 Å². The molecule has 0 radical (unpaired) electrons. The van der Waals surface area contributed by atoms with Gasteiger partial charge in [-0.05, 0) is 24.6 Å². The van der Waals surface area contributed by atoms with Crippen molar-refractivity contribution < 1.29 is 14.4 Å². The van der Waals surface area contributed by atoms with Gasteiger partial charge >= 0.3 is 0 Å². The van der Waals surface area contributed by atoms with Gasteiger partial charge in [-0.15, -0.1) is 0 Å². The highest BCUT2D eigenvalue weighted by atomic mass is 79.9. The molecule has 0 bridgehead atoms. The Morgan fingerprint density at radius 3 is 2.84 bits per heavy atom. The van der Waals surface area contributed by atoms with Gasteiger partial charge in [-0.1, -0.05) is 28.0 Å². The van der Waals surface area contributed by atoms with Gasteiger partial charge < -0.3 is 15.8 Å². The van der Waals surface area contributed by atoms with E-state index in [1.165, 1.54) is 23.1 Å². The Morgan fingerprint density at radius 2 is 2.26 bits per heavy atom. The molecule has 0 fully saturated rings. The molecule has 19 heavy (non-hydrogen) atoms. The zero-order valence-electron chi connectivity index (χ0n) is 10.4. The number of rotatable bonds is 5. The maximum absolute atomic E-state index is 13.7. The molecule has 1 amide bonds. The summed E-state index contributed by atoms with van der Waals surface area (Å²) in [6, 6.07) is 4.14. The van der Waals surface area contributed by atoms with Crippen molar-refractivity contribution in [2.45, 2.75) is 13.3 Å². The SMILES string of the molecule is CCCN(CC(N)=NO)C(=O)c1cc(Br)ccc1F. The Hall–Kier alpha value is -1.63. The van der Waals surface area contributed by atoms with Crippen LogP contribution < -0.4 is 5.73 Å². The molecule has 0 unspecified atom stereocenters. The molecule has 3 N–H and O–H groups in total. The normalized spacial score (nSPS) is 11.4. The van der Waals surface area contributed by atoms with Gasteiger partial charge in [0.1, 0.15) is 5.82 Å². The second-order valence-electron chi connectivity index (χ2n) is 3.94. The van der Waals surface area contributed by atoms with Crippen molar-refractivity contribution in [1.82, 2.24) is 4.90 Å². The number of amidine groups is 1. The van der Waals surface area contributed by atoms with Crippen molar-refractivity contribution in [1.29, 1.82) is 0 Å². The lowest BCUT2D eigenvalue weighted by molar-refractivity contribution is 0.0773. The highest BCUT2D eigenvalue weighted by Gasteiger charge is 2.20. The minimum atomic E-state index is -0.603. The van der Waals surface area contributed by atoms with Gasteiger partial charge in [0.2, 0.25) is 0 Å². The highest BCUT2D eigenvalue weighted by molar-refractivity contribution is 9.10. The summed E-state index contributed by atoms with van der Waals surface area (Å²) in [5, 5.41) is 11.4. The summed E-state index contributed by atoms with van der Waals surface area (Å²) in [4.78, 5) is 13.6. The molecule has 5 nitrogen and oxygen atoms in total. The van der Waals surface area contributed by atoms with E-state index in [9.17, 15) is 9.18 Å². The standard InChI is InChI=1S/C12H15BrFN3O2/c1-2-5-17(7-11(15)16-19)12(18)9-6-8(13)3-4-10(9)14/h3-4,6,19H,2,5,7H2,1H3,(H2,15,16). The highest BCUT2D eigenvalue weighted by Crippen LogP contribution is 2.17. The van der Waals surface area contributed by atoms with Crippen LogP contribution in [0.5, 0.6) is 0 Å². The molecular weight excluding hydrogens is 317 g/mol. The van der Waals surface area contributed by atoms with Crippen LogP contribution in [0.15, 0.2) is 27.8 Å². The molecule has 104 valence electrons. The first-order chi connectivity index (χ1) is 8.99. The Kier molecular flexibility index (Phi) is 5.75. The molecule has 0 aliphatic rings. The summed E-state index contributed by atoms with van der Waals surface area (Å²) in [6.45, 7) is 2.22. The molecule has 7 heteroatoms. The van der Waals surface area contributed by atoms with Gasteiger partial charge in [0.15, 0.2) is 5.84 Å². The maximum atomic E-state index is 13.7. The molecule has 0 heterocycles. The van der Waals surface area contributed by atoms with Crippen molar-refractivity contribution in [3.63, 3.8) is 0 Å². The van der Waals surface area contributed by atoms with Crippen LogP contribution in [-0.2, 0) is 0 Å². The van der Waals surface area contributed by atoms with Gasteiger partial charge in [0, 0.05) is 11.0 Å². The fraction of sp³-hybridized carbons (Fsp3) is 0.333. The zero-order valence-corrected chi connectivity index (χ0v) is 12.0. The van der Waals surface area contributed by atoms with Gasteiger partial charge in [0.25, 0.3) is 5.91 Å². The lowest BCUT2D eigenvalue weighted by Gasteiger charge is -2.21. The largest absolute Gasteiger partial charge is 0.409 e. The van der Waals surface area contributed by atoms with E-state index in [-0.39, 0.29) is 17.9 Å². The smallest absolute Gasteiger partial charge is 0.257 e. The fourth-order valence-electron chi connectivity index (χ4n) is 1.58. The Bertz CT molecular complexity index is 494. The third kappa shape index (κ3) is 4.20. The molecule has 0 spiro atoms. The molecular formula is C12H15BrFN3O2. The topological polar surface area (TPSA) is 78.9 Å². The van der Waals surface area contributed by atoms with Gasteiger partial charge in [-0.25, -0.2) is 4.39 Å². The number of oxime groups is 1. The van der Waals surface area contributed by atoms with Crippen molar-refractivity contribution in [3.8, 4) is 0 Å². The minimum Gasteiger partial charge on any atom is -0.409 e. The van der Waals surface area contributed by atoms with E-state index >= 15 is 0 Å². The summed E-state index contributed by atoms with van der Waals surface area (Å²) < 4.78 is 14.3. The van der Waals surface area contributed by atoms with Crippen molar-refractivity contribution in [2.24, 2.45) is 10.9 Å². The number of nitrogens with two attached hydrogens (primary N) is 1. The van der Waals surface area contributed by atoms with E-state index in [2.05, 4.69) is 21.1 Å². The monoisotopic (exact) mass is 331 g/mol.